The molecule has 5 aliphatic rings. The summed E-state index contributed by atoms with van der Waals surface area (Å²) >= 11 is 0. The van der Waals surface area contributed by atoms with E-state index in [0.717, 1.165) is 25.7 Å². The molecule has 0 heterocycles. The second-order valence-electron chi connectivity index (χ2n) is 13.8. The maximum Gasteiger partial charge on any atom is 0.292 e. The summed E-state index contributed by atoms with van der Waals surface area (Å²) in [4.78, 5) is 35.6. The zero-order valence-electron chi connectivity index (χ0n) is 23.1. The third kappa shape index (κ3) is 3.91. The summed E-state index contributed by atoms with van der Waals surface area (Å²) < 4.78 is 3.86. The zero-order valence-corrected chi connectivity index (χ0v) is 23.1. The Kier molecular flexibility index (Phi) is 6.68. The molecule has 3 saturated carbocycles. The summed E-state index contributed by atoms with van der Waals surface area (Å²) in [5, 5.41) is 9.66. The summed E-state index contributed by atoms with van der Waals surface area (Å²) in [6.45, 7) is 14.2. The first-order chi connectivity index (χ1) is 16.8. The minimum absolute atomic E-state index is 0.0166. The standard InChI is InChI=1S/C29H39NO2.C2H4O2/c1-17-19-8-10-28(5)20-7-9-27(4)12-11-26(2,3)15-21(27)24(20)22(31)13-23(28)29(19,6)14-18(16-30)25(17)32;1-4-2-3/h13-14,17,19-21,24H,7-12,15H2,1-6H3;2H,1H3. The van der Waals surface area contributed by atoms with Crippen molar-refractivity contribution >= 4 is 18.0 Å². The Morgan fingerprint density at radius 2 is 1.64 bits per heavy atom. The average molecular weight is 494 g/mol. The molecule has 0 aliphatic heterocycles. The van der Waals surface area contributed by atoms with Crippen LogP contribution in [0, 0.1) is 62.6 Å². The summed E-state index contributed by atoms with van der Waals surface area (Å²) in [6.07, 6.45) is 12.0. The molecular formula is C31H43NO4. The van der Waals surface area contributed by atoms with E-state index in [0.29, 0.717) is 35.1 Å². The molecule has 0 bridgehead atoms. The molecule has 0 spiro atoms. The monoisotopic (exact) mass is 493 g/mol. The van der Waals surface area contributed by atoms with Crippen molar-refractivity contribution in [2.24, 2.45) is 51.2 Å². The first-order valence-electron chi connectivity index (χ1n) is 13.7. The first-order valence-corrected chi connectivity index (χ1v) is 13.7. The summed E-state index contributed by atoms with van der Waals surface area (Å²) in [5.41, 5.74) is 1.71. The van der Waals surface area contributed by atoms with Crippen molar-refractivity contribution in [3.63, 3.8) is 0 Å². The molecule has 5 nitrogen and oxygen atoms in total. The molecule has 8 unspecified atom stereocenters. The van der Waals surface area contributed by atoms with Crippen LogP contribution in [0.15, 0.2) is 23.3 Å². The molecule has 5 rings (SSSR count). The van der Waals surface area contributed by atoms with Gasteiger partial charge in [-0.15, -0.1) is 0 Å². The number of allylic oxidation sites excluding steroid dienone is 4. The van der Waals surface area contributed by atoms with E-state index >= 15 is 0 Å². The van der Waals surface area contributed by atoms with Crippen LogP contribution in [0.1, 0.15) is 86.5 Å². The minimum atomic E-state index is -0.376. The maximum atomic E-state index is 13.9. The van der Waals surface area contributed by atoms with Gasteiger partial charge in [0.05, 0.1) is 12.7 Å². The predicted molar refractivity (Wildman–Crippen MR) is 138 cm³/mol. The van der Waals surface area contributed by atoms with E-state index in [4.69, 9.17) is 4.79 Å². The van der Waals surface area contributed by atoms with E-state index in [2.05, 4.69) is 45.4 Å². The molecule has 196 valence electrons. The van der Waals surface area contributed by atoms with Crippen molar-refractivity contribution in [1.29, 1.82) is 5.26 Å². The van der Waals surface area contributed by atoms with E-state index in [1.165, 1.54) is 31.9 Å². The summed E-state index contributed by atoms with van der Waals surface area (Å²) in [6, 6.07) is 2.17. The lowest BCUT2D eigenvalue weighted by Gasteiger charge is -2.64. The number of hydrogen-bond acceptors (Lipinski definition) is 5. The molecule has 0 aromatic rings. The Morgan fingerprint density at radius 3 is 2.25 bits per heavy atom. The second kappa shape index (κ2) is 8.96. The van der Waals surface area contributed by atoms with Gasteiger partial charge >= 0.3 is 0 Å². The largest absolute Gasteiger partial charge is 0.471 e. The Hall–Kier alpha value is -2.22. The van der Waals surface area contributed by atoms with Gasteiger partial charge in [-0.3, -0.25) is 14.4 Å². The highest BCUT2D eigenvalue weighted by Gasteiger charge is 2.63. The van der Waals surface area contributed by atoms with Gasteiger partial charge in [0.1, 0.15) is 6.07 Å². The fourth-order valence-corrected chi connectivity index (χ4v) is 9.17. The lowest BCUT2D eigenvalue weighted by atomic mass is 9.39. The van der Waals surface area contributed by atoms with Gasteiger partial charge in [0.15, 0.2) is 11.6 Å². The molecule has 0 amide bonds. The van der Waals surface area contributed by atoms with Crippen molar-refractivity contribution in [3.05, 3.63) is 23.3 Å². The number of fused-ring (bicyclic) bond motifs is 7. The highest BCUT2D eigenvalue weighted by molar-refractivity contribution is 6.02. The Balaban J connectivity index is 0.000000709. The van der Waals surface area contributed by atoms with Crippen molar-refractivity contribution in [2.75, 3.05) is 7.11 Å². The Labute approximate surface area is 216 Å². The average Bonchev–Trinajstić information content (AvgIpc) is 2.83. The number of carbonyl (C=O) groups is 3. The van der Waals surface area contributed by atoms with Gasteiger partial charge in [-0.1, -0.05) is 53.2 Å². The molecule has 0 aromatic heterocycles. The highest BCUT2D eigenvalue weighted by atomic mass is 16.5. The number of rotatable bonds is 1. The van der Waals surface area contributed by atoms with Gasteiger partial charge in [0, 0.05) is 17.3 Å². The van der Waals surface area contributed by atoms with E-state index < -0.39 is 0 Å². The Morgan fingerprint density at radius 1 is 1.00 bits per heavy atom. The molecule has 0 aromatic carbocycles. The van der Waals surface area contributed by atoms with E-state index in [9.17, 15) is 14.9 Å². The normalized spacial score (nSPS) is 44.6. The molecule has 0 radical (unpaired) electrons. The molecular weight excluding hydrogens is 450 g/mol. The van der Waals surface area contributed by atoms with Crippen LogP contribution in [0.4, 0.5) is 0 Å². The quantitative estimate of drug-likeness (QED) is 0.404. The molecule has 0 N–H and O–H groups in total. The fourth-order valence-electron chi connectivity index (χ4n) is 9.17. The first kappa shape index (κ1) is 26.8. The number of ketones is 2. The number of methoxy groups -OCH3 is 1. The smallest absolute Gasteiger partial charge is 0.292 e. The molecule has 8 atom stereocenters. The molecule has 5 aliphatic carbocycles. The third-order valence-corrected chi connectivity index (χ3v) is 11.3. The van der Waals surface area contributed by atoms with Crippen LogP contribution >= 0.6 is 0 Å². The van der Waals surface area contributed by atoms with Crippen LogP contribution in [-0.2, 0) is 19.1 Å². The van der Waals surface area contributed by atoms with Gasteiger partial charge < -0.3 is 4.74 Å². The number of Topliss-reactive ketones (excluding diaryl/α,β-unsaturated/α-hetero) is 1. The number of nitriles is 1. The predicted octanol–water partition coefficient (Wildman–Crippen LogP) is 6.23. The molecule has 0 saturated heterocycles. The lowest BCUT2D eigenvalue weighted by Crippen LogP contribution is -2.59. The fraction of sp³-hybridized carbons (Fsp3) is 0.742. The van der Waals surface area contributed by atoms with Crippen LogP contribution in [0.5, 0.6) is 0 Å². The van der Waals surface area contributed by atoms with Crippen LogP contribution in [0.2, 0.25) is 0 Å². The van der Waals surface area contributed by atoms with Crippen molar-refractivity contribution in [2.45, 2.75) is 86.5 Å². The van der Waals surface area contributed by atoms with Gasteiger partial charge in [-0.2, -0.15) is 5.26 Å². The lowest BCUT2D eigenvalue weighted by molar-refractivity contribution is -0.144. The van der Waals surface area contributed by atoms with E-state index in [-0.39, 0.29) is 39.8 Å². The Bertz CT molecular complexity index is 1060. The highest BCUT2D eigenvalue weighted by Crippen LogP contribution is 2.69. The van der Waals surface area contributed by atoms with E-state index in [1.54, 1.807) is 0 Å². The van der Waals surface area contributed by atoms with Crippen molar-refractivity contribution in [1.82, 2.24) is 0 Å². The number of nitrogens with zero attached hydrogens (tertiary/aromatic N) is 1. The molecule has 5 heteroatoms. The second-order valence-corrected chi connectivity index (χ2v) is 13.8. The van der Waals surface area contributed by atoms with Crippen LogP contribution in [0.25, 0.3) is 0 Å². The topological polar surface area (TPSA) is 84.2 Å². The molecule has 3 fully saturated rings. The van der Waals surface area contributed by atoms with Crippen LogP contribution in [-0.4, -0.2) is 25.1 Å². The number of ether oxygens (including phenoxy) is 1. The summed E-state index contributed by atoms with van der Waals surface area (Å²) in [5.74, 6) is 1.31. The minimum Gasteiger partial charge on any atom is -0.471 e. The molecule has 36 heavy (non-hydrogen) atoms. The number of hydrogen-bond donors (Lipinski definition) is 0. The zero-order chi connectivity index (χ0) is 26.7. The van der Waals surface area contributed by atoms with E-state index in [1.807, 2.05) is 19.1 Å². The van der Waals surface area contributed by atoms with Crippen LogP contribution in [0.3, 0.4) is 0 Å². The van der Waals surface area contributed by atoms with Gasteiger partial charge in [0.2, 0.25) is 0 Å². The van der Waals surface area contributed by atoms with Gasteiger partial charge in [-0.25, -0.2) is 0 Å². The summed E-state index contributed by atoms with van der Waals surface area (Å²) in [7, 11) is 1.31. The number of carbonyl (C=O) groups excluding carboxylic acids is 3. The SMILES string of the molecule is CC1C(=O)C(C#N)=CC2(C)C3=CC(=O)C4C5CC(C)(C)CCC5(C)CCC4C3(C)CCC12.COC=O. The van der Waals surface area contributed by atoms with Crippen LogP contribution < -0.4 is 0 Å². The van der Waals surface area contributed by atoms with Gasteiger partial charge in [0.25, 0.3) is 6.47 Å². The third-order valence-electron chi connectivity index (χ3n) is 11.3. The van der Waals surface area contributed by atoms with Crippen molar-refractivity contribution < 1.29 is 19.1 Å². The maximum absolute atomic E-state index is 13.9. The van der Waals surface area contributed by atoms with Gasteiger partial charge in [-0.05, 0) is 85.0 Å². The van der Waals surface area contributed by atoms with Crippen molar-refractivity contribution in [3.8, 4) is 6.07 Å².